The second kappa shape index (κ2) is 14.6. The third kappa shape index (κ3) is 10.5. The highest BCUT2D eigenvalue weighted by Crippen LogP contribution is 2.39. The fourth-order valence-corrected chi connectivity index (χ4v) is 7.17. The molecule has 1 amide bonds. The van der Waals surface area contributed by atoms with E-state index in [0.29, 0.717) is 37.1 Å². The van der Waals surface area contributed by atoms with Crippen LogP contribution in [0, 0.1) is 11.8 Å². The van der Waals surface area contributed by atoms with Gasteiger partial charge in [0, 0.05) is 12.1 Å². The minimum Gasteiger partial charge on any atom is -0.481 e. The number of aliphatic carboxylic acids is 1. The number of benzene rings is 1. The second-order valence-corrected chi connectivity index (χ2v) is 19.3. The smallest absolute Gasteiger partial charge is 0.306 e. The fourth-order valence-electron chi connectivity index (χ4n) is 4.16. The summed E-state index contributed by atoms with van der Waals surface area (Å²) in [5.41, 5.74) is 0.818. The molecule has 1 aromatic rings. The van der Waals surface area contributed by atoms with Gasteiger partial charge in [-0.3, -0.25) is 13.9 Å². The van der Waals surface area contributed by atoms with Crippen LogP contribution in [-0.4, -0.2) is 58.2 Å². The van der Waals surface area contributed by atoms with Gasteiger partial charge >= 0.3 is 5.97 Å². The summed E-state index contributed by atoms with van der Waals surface area (Å²) in [6.45, 7) is 20.5. The number of rotatable bonds is 16. The van der Waals surface area contributed by atoms with E-state index in [1.165, 1.54) is 4.31 Å². The molecule has 2 N–H and O–H groups in total. The van der Waals surface area contributed by atoms with Crippen molar-refractivity contribution in [2.24, 2.45) is 11.8 Å². The minimum absolute atomic E-state index is 0.0358. The lowest BCUT2D eigenvalue weighted by Gasteiger charge is -2.42. The highest BCUT2D eigenvalue weighted by Gasteiger charge is 2.42. The van der Waals surface area contributed by atoms with E-state index in [1.807, 2.05) is 13.8 Å². The van der Waals surface area contributed by atoms with Crippen LogP contribution in [0.5, 0.6) is 0 Å². The van der Waals surface area contributed by atoms with Crippen LogP contribution < -0.4 is 9.62 Å². The lowest BCUT2D eigenvalue weighted by atomic mass is 9.92. The topological polar surface area (TPSA) is 113 Å². The molecule has 224 valence electrons. The van der Waals surface area contributed by atoms with Crippen LogP contribution in [0.3, 0.4) is 0 Å². The Labute approximate surface area is 238 Å². The van der Waals surface area contributed by atoms with E-state index in [9.17, 15) is 23.1 Å². The first-order chi connectivity index (χ1) is 17.9. The summed E-state index contributed by atoms with van der Waals surface area (Å²) in [6, 6.07) is 6.29. The van der Waals surface area contributed by atoms with Crippen LogP contribution in [0.15, 0.2) is 24.3 Å². The second-order valence-electron chi connectivity index (χ2n) is 12.5. The average molecular weight is 585 g/mol. The van der Waals surface area contributed by atoms with E-state index in [4.69, 9.17) is 4.43 Å². The number of carboxylic acid groups (broad SMARTS) is 1. The Morgan fingerprint density at radius 3 is 2.18 bits per heavy atom. The van der Waals surface area contributed by atoms with Gasteiger partial charge in [0.15, 0.2) is 8.32 Å². The molecule has 0 fully saturated rings. The summed E-state index contributed by atoms with van der Waals surface area (Å²) in [6.07, 6.45) is 1.56. The number of anilines is 1. The van der Waals surface area contributed by atoms with E-state index in [2.05, 4.69) is 53.0 Å². The molecule has 39 heavy (non-hydrogen) atoms. The van der Waals surface area contributed by atoms with Crippen molar-refractivity contribution in [2.45, 2.75) is 111 Å². The molecule has 0 radical (unpaired) electrons. The molecular formula is C29H52N2O6SSi. The molecule has 0 aliphatic heterocycles. The molecule has 1 rings (SSSR count). The Kier molecular flexibility index (Phi) is 13.2. The largest absolute Gasteiger partial charge is 0.481 e. The molecule has 0 unspecified atom stereocenters. The summed E-state index contributed by atoms with van der Waals surface area (Å²) in [4.78, 5) is 25.4. The molecule has 0 aliphatic carbocycles. The van der Waals surface area contributed by atoms with Crippen molar-refractivity contribution in [2.75, 3.05) is 16.6 Å². The van der Waals surface area contributed by atoms with Crippen molar-refractivity contribution >= 4 is 35.9 Å². The monoisotopic (exact) mass is 584 g/mol. The summed E-state index contributed by atoms with van der Waals surface area (Å²) in [5.74, 6) is -1.61. The molecule has 8 nitrogen and oxygen atoms in total. The third-order valence-corrected chi connectivity index (χ3v) is 13.9. The fraction of sp³-hybridized carbons (Fsp3) is 0.724. The minimum atomic E-state index is -3.51. The first-order valence-electron chi connectivity index (χ1n) is 14.2. The van der Waals surface area contributed by atoms with Crippen LogP contribution in [0.1, 0.15) is 91.4 Å². The number of nitrogens with zero attached hydrogens (tertiary/aromatic N) is 1. The van der Waals surface area contributed by atoms with Gasteiger partial charge < -0.3 is 14.8 Å². The summed E-state index contributed by atoms with van der Waals surface area (Å²) < 4.78 is 34.0. The average Bonchev–Trinajstić information content (AvgIpc) is 2.80. The van der Waals surface area contributed by atoms with Gasteiger partial charge in [0.1, 0.15) is 0 Å². The molecular weight excluding hydrogens is 532 g/mol. The van der Waals surface area contributed by atoms with E-state index < -0.39 is 42.4 Å². The van der Waals surface area contributed by atoms with Gasteiger partial charge in [-0.25, -0.2) is 8.42 Å². The Balaban J connectivity index is 3.43. The van der Waals surface area contributed by atoms with E-state index in [0.717, 1.165) is 0 Å². The molecule has 0 aliphatic rings. The highest BCUT2D eigenvalue weighted by molar-refractivity contribution is 7.92. The first kappa shape index (κ1) is 35.1. The number of carbonyl (C=O) groups is 2. The van der Waals surface area contributed by atoms with Crippen molar-refractivity contribution < 1.29 is 27.5 Å². The standard InChI is InChI=1S/C29H52N2O6SSi/c1-11-16-31(38(35,36)17-12-2)24-15-13-14-23(20-24)27(32)30-25(18-21(3)4)26(19-22(5)28(33)34)37-39(9,10)29(6,7)8/h13-15,20-22,25-26H,11-12,16-19H2,1-10H3,(H,30,32)(H,33,34)/t22-,25+,26+/m1/s1. The van der Waals surface area contributed by atoms with Gasteiger partial charge in [-0.2, -0.15) is 0 Å². The van der Waals surface area contributed by atoms with Crippen LogP contribution in [0.2, 0.25) is 18.1 Å². The Morgan fingerprint density at radius 1 is 1.08 bits per heavy atom. The number of hydrogen-bond acceptors (Lipinski definition) is 5. The van der Waals surface area contributed by atoms with Crippen molar-refractivity contribution in [1.29, 1.82) is 0 Å². The number of carbonyl (C=O) groups excluding carboxylic acids is 1. The van der Waals surface area contributed by atoms with E-state index in [-0.39, 0.29) is 29.0 Å². The maximum absolute atomic E-state index is 13.6. The number of sulfonamides is 1. The summed E-state index contributed by atoms with van der Waals surface area (Å²) >= 11 is 0. The number of hydrogen-bond donors (Lipinski definition) is 2. The molecule has 10 heteroatoms. The molecule has 0 aromatic heterocycles. The lowest BCUT2D eigenvalue weighted by Crippen LogP contribution is -2.53. The number of amides is 1. The van der Waals surface area contributed by atoms with Gasteiger partial charge in [-0.05, 0) is 67.9 Å². The van der Waals surface area contributed by atoms with E-state index in [1.54, 1.807) is 31.2 Å². The van der Waals surface area contributed by atoms with Gasteiger partial charge in [-0.1, -0.05) is 61.5 Å². The van der Waals surface area contributed by atoms with Crippen LogP contribution in [-0.2, 0) is 19.2 Å². The van der Waals surface area contributed by atoms with Crippen molar-refractivity contribution in [3.05, 3.63) is 29.8 Å². The third-order valence-electron chi connectivity index (χ3n) is 7.37. The zero-order valence-corrected chi connectivity index (χ0v) is 27.5. The van der Waals surface area contributed by atoms with Crippen LogP contribution >= 0.6 is 0 Å². The van der Waals surface area contributed by atoms with Crippen LogP contribution in [0.4, 0.5) is 5.69 Å². The lowest BCUT2D eigenvalue weighted by molar-refractivity contribution is -0.142. The van der Waals surface area contributed by atoms with Gasteiger partial charge in [0.2, 0.25) is 10.0 Å². The summed E-state index contributed by atoms with van der Waals surface area (Å²) in [5, 5.41) is 12.7. The Morgan fingerprint density at radius 2 is 1.69 bits per heavy atom. The predicted octanol–water partition coefficient (Wildman–Crippen LogP) is 6.29. The Bertz CT molecular complexity index is 1050. The van der Waals surface area contributed by atoms with Crippen LogP contribution in [0.25, 0.3) is 0 Å². The molecule has 0 spiro atoms. The normalized spacial score (nSPS) is 15.1. The first-order valence-corrected chi connectivity index (χ1v) is 18.7. The highest BCUT2D eigenvalue weighted by atomic mass is 32.2. The van der Waals surface area contributed by atoms with Crippen molar-refractivity contribution in [3.8, 4) is 0 Å². The molecule has 1 aromatic carbocycles. The zero-order chi connectivity index (χ0) is 30.2. The number of carboxylic acids is 1. The molecule has 3 atom stereocenters. The maximum atomic E-state index is 13.6. The SMILES string of the molecule is CCCN(c1cccc(C(=O)N[C@@H](CC(C)C)[C@H](C[C@@H](C)C(=O)O)O[Si](C)(C)C(C)(C)C)c1)S(=O)(=O)CCC. The predicted molar refractivity (Wildman–Crippen MR) is 162 cm³/mol. The zero-order valence-electron chi connectivity index (χ0n) is 25.7. The quantitative estimate of drug-likeness (QED) is 0.221. The van der Waals surface area contributed by atoms with E-state index >= 15 is 0 Å². The molecule has 0 bridgehead atoms. The maximum Gasteiger partial charge on any atom is 0.306 e. The number of nitrogens with one attached hydrogen (secondary N) is 1. The van der Waals surface area contributed by atoms with Gasteiger partial charge in [-0.15, -0.1) is 0 Å². The Hall–Kier alpha value is -1.91. The van der Waals surface area contributed by atoms with Gasteiger partial charge in [0.05, 0.1) is 29.5 Å². The molecule has 0 heterocycles. The molecule has 0 saturated heterocycles. The molecule has 0 saturated carbocycles. The summed E-state index contributed by atoms with van der Waals surface area (Å²) in [7, 11) is -5.80. The van der Waals surface area contributed by atoms with Gasteiger partial charge in [0.25, 0.3) is 5.91 Å². The van der Waals surface area contributed by atoms with Crippen molar-refractivity contribution in [1.82, 2.24) is 5.32 Å². The van der Waals surface area contributed by atoms with Crippen molar-refractivity contribution in [3.63, 3.8) is 0 Å².